The van der Waals surface area contributed by atoms with E-state index in [1.807, 2.05) is 54.5 Å². The summed E-state index contributed by atoms with van der Waals surface area (Å²) in [6, 6.07) is 11.5. The second-order valence-corrected chi connectivity index (χ2v) is 8.36. The number of aryl methyl sites for hydroxylation is 1. The van der Waals surface area contributed by atoms with Gasteiger partial charge < -0.3 is 4.90 Å². The highest BCUT2D eigenvalue weighted by Gasteiger charge is 2.27. The maximum atomic E-state index is 12.9. The third-order valence-corrected chi connectivity index (χ3v) is 6.38. The zero-order chi connectivity index (χ0) is 21.1. The molecule has 7 nitrogen and oxygen atoms in total. The first kappa shape index (κ1) is 20.4. The van der Waals surface area contributed by atoms with Crippen LogP contribution in [0.5, 0.6) is 0 Å². The Bertz CT molecular complexity index is 1100. The van der Waals surface area contributed by atoms with Gasteiger partial charge in [0.05, 0.1) is 11.3 Å². The quantitative estimate of drug-likeness (QED) is 0.638. The van der Waals surface area contributed by atoms with Crippen LogP contribution in [0.4, 0.5) is 0 Å². The Kier molecular flexibility index (Phi) is 6.03. The van der Waals surface area contributed by atoms with Crippen molar-refractivity contribution >= 4 is 17.7 Å². The van der Waals surface area contributed by atoms with Crippen molar-refractivity contribution in [1.82, 2.24) is 24.6 Å². The van der Waals surface area contributed by atoms with Crippen LogP contribution in [0, 0.1) is 12.8 Å². The molecule has 30 heavy (non-hydrogen) atoms. The second kappa shape index (κ2) is 8.87. The fourth-order valence-electron chi connectivity index (χ4n) is 4.01. The minimum absolute atomic E-state index is 0.0440. The zero-order valence-corrected chi connectivity index (χ0v) is 18.0. The highest BCUT2D eigenvalue weighted by Crippen LogP contribution is 2.25. The summed E-state index contributed by atoms with van der Waals surface area (Å²) in [6.45, 7) is 3.39. The van der Waals surface area contributed by atoms with Crippen molar-refractivity contribution < 1.29 is 4.79 Å². The van der Waals surface area contributed by atoms with Crippen molar-refractivity contribution in [1.29, 1.82) is 0 Å². The molecule has 156 valence electrons. The fourth-order valence-corrected chi connectivity index (χ4v) is 4.56. The topological polar surface area (TPSA) is 83.9 Å². The first-order chi connectivity index (χ1) is 14.6. The van der Waals surface area contributed by atoms with Gasteiger partial charge in [-0.15, -0.1) is 11.8 Å². The van der Waals surface area contributed by atoms with Gasteiger partial charge >= 0.3 is 5.69 Å². The number of hydrogen-bond donors (Lipinski definition) is 1. The lowest BCUT2D eigenvalue weighted by Crippen LogP contribution is -2.39. The molecule has 3 heterocycles. The van der Waals surface area contributed by atoms with Crippen LogP contribution in [0.15, 0.2) is 52.4 Å². The summed E-state index contributed by atoms with van der Waals surface area (Å²) in [5.41, 5.74) is 2.35. The highest BCUT2D eigenvalue weighted by atomic mass is 32.2. The molecule has 0 saturated carbocycles. The lowest BCUT2D eigenvalue weighted by atomic mass is 9.93. The molecule has 1 fully saturated rings. The largest absolute Gasteiger partial charge is 0.347 e. The molecule has 1 N–H and O–H groups in total. The van der Waals surface area contributed by atoms with E-state index in [4.69, 9.17) is 0 Å². The van der Waals surface area contributed by atoms with Crippen molar-refractivity contribution in [3.63, 3.8) is 0 Å². The highest BCUT2D eigenvalue weighted by molar-refractivity contribution is 7.98. The predicted octanol–water partition coefficient (Wildman–Crippen LogP) is 3.08. The van der Waals surface area contributed by atoms with Crippen molar-refractivity contribution in [2.24, 2.45) is 5.92 Å². The number of hydrogen-bond acceptors (Lipinski definition) is 5. The Balaban J connectivity index is 1.45. The van der Waals surface area contributed by atoms with Gasteiger partial charge in [0.15, 0.2) is 0 Å². The monoisotopic (exact) mass is 423 g/mol. The van der Waals surface area contributed by atoms with E-state index in [-0.39, 0.29) is 11.6 Å². The van der Waals surface area contributed by atoms with Gasteiger partial charge in [-0.1, -0.05) is 18.2 Å². The molecule has 0 atom stereocenters. The van der Waals surface area contributed by atoms with Crippen molar-refractivity contribution in [2.75, 3.05) is 19.3 Å². The zero-order valence-electron chi connectivity index (χ0n) is 17.2. The number of aromatic amines is 1. The number of para-hydroxylation sites is 1. The number of aromatic nitrogens is 4. The number of nitrogens with zero attached hydrogens (tertiary/aromatic N) is 4. The lowest BCUT2D eigenvalue weighted by molar-refractivity contribution is 0.0685. The third kappa shape index (κ3) is 4.05. The Hall–Kier alpha value is -2.87. The number of H-pyrrole nitrogens is 1. The van der Waals surface area contributed by atoms with E-state index in [2.05, 4.69) is 15.2 Å². The van der Waals surface area contributed by atoms with Crippen LogP contribution < -0.4 is 5.69 Å². The van der Waals surface area contributed by atoms with E-state index < -0.39 is 0 Å². The molecule has 2 aromatic heterocycles. The normalized spacial score (nSPS) is 14.8. The van der Waals surface area contributed by atoms with Crippen LogP contribution in [0.2, 0.25) is 0 Å². The number of thioether (sulfide) groups is 1. The first-order valence-electron chi connectivity index (χ1n) is 10.1. The Morgan fingerprint density at radius 3 is 2.70 bits per heavy atom. The van der Waals surface area contributed by atoms with Gasteiger partial charge in [0.2, 0.25) is 0 Å². The maximum Gasteiger partial charge on any atom is 0.347 e. The van der Waals surface area contributed by atoms with Gasteiger partial charge in [0, 0.05) is 25.7 Å². The van der Waals surface area contributed by atoms with Gasteiger partial charge in [0.1, 0.15) is 10.9 Å². The molecule has 0 bridgehead atoms. The van der Waals surface area contributed by atoms with E-state index >= 15 is 0 Å². The number of piperidine rings is 1. The average molecular weight is 424 g/mol. The van der Waals surface area contributed by atoms with E-state index in [0.29, 0.717) is 31.0 Å². The Labute approximate surface area is 179 Å². The molecule has 1 amide bonds. The summed E-state index contributed by atoms with van der Waals surface area (Å²) in [7, 11) is 0. The average Bonchev–Trinajstić information content (AvgIpc) is 3.14. The Morgan fingerprint density at radius 2 is 1.97 bits per heavy atom. The molecule has 0 unspecified atom stereocenters. The van der Waals surface area contributed by atoms with Gasteiger partial charge in [-0.05, 0) is 55.7 Å². The van der Waals surface area contributed by atoms with Crippen molar-refractivity contribution in [2.45, 2.75) is 31.2 Å². The van der Waals surface area contributed by atoms with Crippen molar-refractivity contribution in [3.8, 4) is 5.69 Å². The number of nitrogens with one attached hydrogen (secondary N) is 1. The van der Waals surface area contributed by atoms with Crippen molar-refractivity contribution in [3.05, 3.63) is 70.0 Å². The molecular weight excluding hydrogens is 398 g/mol. The van der Waals surface area contributed by atoms with Crippen LogP contribution >= 0.6 is 11.8 Å². The first-order valence-corrected chi connectivity index (χ1v) is 11.3. The molecule has 1 aromatic carbocycles. The number of carbonyl (C=O) groups is 1. The van der Waals surface area contributed by atoms with E-state index in [0.717, 1.165) is 34.9 Å². The van der Waals surface area contributed by atoms with Crippen LogP contribution in [0.1, 0.15) is 34.6 Å². The standard InChI is InChI=1S/C22H25N5O2S/c1-15-6-3-4-8-18(15)27-19(24-25-22(27)29)14-16-9-12-26(13-10-16)21(28)17-7-5-11-23-20(17)30-2/h3-8,11,16H,9-10,12-14H2,1-2H3,(H,25,29). The molecule has 1 aliphatic heterocycles. The van der Waals surface area contributed by atoms with Crippen LogP contribution in [0.3, 0.4) is 0 Å². The summed E-state index contributed by atoms with van der Waals surface area (Å²) in [6.07, 6.45) is 6.12. The van der Waals surface area contributed by atoms with E-state index in [9.17, 15) is 9.59 Å². The summed E-state index contributed by atoms with van der Waals surface area (Å²) < 4.78 is 1.67. The molecule has 8 heteroatoms. The summed E-state index contributed by atoms with van der Waals surface area (Å²) in [5, 5.41) is 7.65. The van der Waals surface area contributed by atoms with Gasteiger partial charge in [-0.25, -0.2) is 19.4 Å². The summed E-state index contributed by atoms with van der Waals surface area (Å²) >= 11 is 1.49. The minimum atomic E-state index is -0.215. The molecule has 0 aliphatic carbocycles. The molecule has 3 aromatic rings. The molecule has 0 spiro atoms. The molecular formula is C22H25N5O2S. The number of amides is 1. The lowest BCUT2D eigenvalue weighted by Gasteiger charge is -2.32. The number of rotatable bonds is 5. The van der Waals surface area contributed by atoms with Gasteiger partial charge in [-0.3, -0.25) is 4.79 Å². The van der Waals surface area contributed by atoms with E-state index in [1.54, 1.807) is 10.8 Å². The van der Waals surface area contributed by atoms with Crippen LogP contribution in [0.25, 0.3) is 5.69 Å². The minimum Gasteiger partial charge on any atom is -0.339 e. The number of pyridine rings is 1. The fraction of sp³-hybridized carbons (Fsp3) is 0.364. The molecule has 1 saturated heterocycles. The number of benzene rings is 1. The number of carbonyl (C=O) groups excluding carboxylic acids is 1. The molecule has 4 rings (SSSR count). The maximum absolute atomic E-state index is 12.9. The predicted molar refractivity (Wildman–Crippen MR) is 117 cm³/mol. The van der Waals surface area contributed by atoms with E-state index in [1.165, 1.54) is 11.8 Å². The second-order valence-electron chi connectivity index (χ2n) is 7.57. The Morgan fingerprint density at radius 1 is 1.20 bits per heavy atom. The molecule has 1 aliphatic rings. The SMILES string of the molecule is CSc1ncccc1C(=O)N1CCC(Cc2n[nH]c(=O)n2-c2ccccc2C)CC1. The third-order valence-electron chi connectivity index (χ3n) is 5.67. The van der Waals surface area contributed by atoms with Gasteiger partial charge in [-0.2, -0.15) is 5.10 Å². The molecule has 0 radical (unpaired) electrons. The van der Waals surface area contributed by atoms with Gasteiger partial charge in [0.25, 0.3) is 5.91 Å². The van der Waals surface area contributed by atoms with Crippen LogP contribution in [-0.2, 0) is 6.42 Å². The summed E-state index contributed by atoms with van der Waals surface area (Å²) in [5.74, 6) is 1.17. The smallest absolute Gasteiger partial charge is 0.339 e. The number of likely N-dealkylation sites (tertiary alicyclic amines) is 1. The van der Waals surface area contributed by atoms with Crippen LogP contribution in [-0.4, -0.2) is 49.9 Å². The summed E-state index contributed by atoms with van der Waals surface area (Å²) in [4.78, 5) is 31.5.